The number of pyridine rings is 1. The summed E-state index contributed by atoms with van der Waals surface area (Å²) in [5.41, 5.74) is 5.61. The van der Waals surface area contributed by atoms with Crippen LogP contribution in [0.25, 0.3) is 0 Å². The molecule has 0 aliphatic rings. The van der Waals surface area contributed by atoms with Crippen molar-refractivity contribution in [2.24, 2.45) is 0 Å². The molecule has 0 fully saturated rings. The Labute approximate surface area is 115 Å². The summed E-state index contributed by atoms with van der Waals surface area (Å²) in [6, 6.07) is 3.54. The fourth-order valence-electron chi connectivity index (χ4n) is 1.44. The maximum Gasteiger partial charge on any atom is 0.239 e. The van der Waals surface area contributed by atoms with Gasteiger partial charge in [0.05, 0.1) is 17.8 Å². The first-order valence-electron chi connectivity index (χ1n) is 6.54. The van der Waals surface area contributed by atoms with Gasteiger partial charge in [-0.2, -0.15) is 4.98 Å². The molecule has 0 amide bonds. The smallest absolute Gasteiger partial charge is 0.239 e. The Balaban J connectivity index is 2.96. The molecule has 5 nitrogen and oxygen atoms in total. The second kappa shape index (κ2) is 5.65. The number of nitrogens with two attached hydrogens (primary N) is 1. The van der Waals surface area contributed by atoms with Crippen LogP contribution in [0, 0.1) is 0 Å². The van der Waals surface area contributed by atoms with Crippen LogP contribution in [0.5, 0.6) is 5.88 Å². The van der Waals surface area contributed by atoms with Crippen molar-refractivity contribution in [3.05, 3.63) is 12.1 Å². The number of aliphatic hydroxyl groups is 1. The molecule has 1 heterocycles. The van der Waals surface area contributed by atoms with Gasteiger partial charge >= 0.3 is 0 Å². The van der Waals surface area contributed by atoms with E-state index in [1.165, 1.54) is 0 Å². The molecule has 0 bridgehead atoms. The van der Waals surface area contributed by atoms with Crippen LogP contribution < -0.4 is 15.8 Å². The zero-order chi connectivity index (χ0) is 14.7. The Bertz CT molecular complexity index is 423. The SMILES string of the molecule is CCC(C)(CO)Nc1ccc(N)c(OC(C)(C)C)n1. The van der Waals surface area contributed by atoms with Gasteiger partial charge < -0.3 is 20.9 Å². The number of aliphatic hydroxyl groups excluding tert-OH is 1. The summed E-state index contributed by atoms with van der Waals surface area (Å²) in [6.07, 6.45) is 0.783. The van der Waals surface area contributed by atoms with E-state index in [1.54, 1.807) is 12.1 Å². The number of anilines is 2. The average molecular weight is 267 g/mol. The number of nitrogens with one attached hydrogen (secondary N) is 1. The van der Waals surface area contributed by atoms with Crippen LogP contribution in [0.3, 0.4) is 0 Å². The molecule has 0 aliphatic carbocycles. The third-order valence-electron chi connectivity index (χ3n) is 2.85. The Kier molecular flexibility index (Phi) is 4.63. The van der Waals surface area contributed by atoms with E-state index in [0.29, 0.717) is 17.4 Å². The zero-order valence-electron chi connectivity index (χ0n) is 12.4. The predicted octanol–water partition coefficient (Wildman–Crippen LogP) is 2.41. The summed E-state index contributed by atoms with van der Waals surface area (Å²) >= 11 is 0. The van der Waals surface area contributed by atoms with Crippen molar-refractivity contribution in [3.8, 4) is 5.88 Å². The summed E-state index contributed by atoms with van der Waals surface area (Å²) in [5, 5.41) is 12.6. The fraction of sp³-hybridized carbons (Fsp3) is 0.643. The second-order valence-electron chi connectivity index (χ2n) is 6.00. The lowest BCUT2D eigenvalue weighted by Gasteiger charge is -2.28. The zero-order valence-corrected chi connectivity index (χ0v) is 12.4. The van der Waals surface area contributed by atoms with Crippen molar-refractivity contribution >= 4 is 11.5 Å². The van der Waals surface area contributed by atoms with E-state index >= 15 is 0 Å². The van der Waals surface area contributed by atoms with Crippen molar-refractivity contribution in [2.75, 3.05) is 17.7 Å². The van der Waals surface area contributed by atoms with Crippen LogP contribution >= 0.6 is 0 Å². The molecular weight excluding hydrogens is 242 g/mol. The Morgan fingerprint density at radius 3 is 2.42 bits per heavy atom. The molecule has 1 aromatic heterocycles. The molecule has 0 saturated heterocycles. The molecular formula is C14H25N3O2. The Morgan fingerprint density at radius 2 is 1.95 bits per heavy atom. The minimum Gasteiger partial charge on any atom is -0.470 e. The quantitative estimate of drug-likeness (QED) is 0.763. The van der Waals surface area contributed by atoms with Gasteiger partial charge in [0.15, 0.2) is 0 Å². The first-order chi connectivity index (χ1) is 8.69. The highest BCUT2D eigenvalue weighted by atomic mass is 16.5. The molecule has 0 radical (unpaired) electrons. The molecule has 0 aromatic carbocycles. The van der Waals surface area contributed by atoms with Gasteiger partial charge in [-0.05, 0) is 46.2 Å². The Morgan fingerprint density at radius 1 is 1.32 bits per heavy atom. The number of nitrogen functional groups attached to an aromatic ring is 1. The predicted molar refractivity (Wildman–Crippen MR) is 78.4 cm³/mol. The molecule has 0 saturated carbocycles. The fourth-order valence-corrected chi connectivity index (χ4v) is 1.44. The number of nitrogens with zero attached hydrogens (tertiary/aromatic N) is 1. The van der Waals surface area contributed by atoms with Crippen LogP contribution in [-0.4, -0.2) is 27.8 Å². The number of rotatable bonds is 5. The lowest BCUT2D eigenvalue weighted by molar-refractivity contribution is 0.125. The number of ether oxygens (including phenoxy) is 1. The van der Waals surface area contributed by atoms with Gasteiger partial charge in [-0.1, -0.05) is 6.92 Å². The van der Waals surface area contributed by atoms with E-state index in [0.717, 1.165) is 6.42 Å². The summed E-state index contributed by atoms with van der Waals surface area (Å²) in [5.74, 6) is 1.06. The molecule has 4 N–H and O–H groups in total. The maximum absolute atomic E-state index is 9.41. The maximum atomic E-state index is 9.41. The third kappa shape index (κ3) is 4.59. The normalized spacial score (nSPS) is 14.8. The van der Waals surface area contributed by atoms with Crippen LogP contribution in [0.1, 0.15) is 41.0 Å². The molecule has 19 heavy (non-hydrogen) atoms. The number of hydrogen-bond donors (Lipinski definition) is 3. The summed E-state index contributed by atoms with van der Waals surface area (Å²) in [6.45, 7) is 9.81. The summed E-state index contributed by atoms with van der Waals surface area (Å²) < 4.78 is 5.72. The topological polar surface area (TPSA) is 80.4 Å². The lowest BCUT2D eigenvalue weighted by atomic mass is 10.0. The molecule has 0 spiro atoms. The van der Waals surface area contributed by atoms with Gasteiger partial charge in [0, 0.05) is 0 Å². The highest BCUT2D eigenvalue weighted by Crippen LogP contribution is 2.26. The minimum atomic E-state index is -0.401. The van der Waals surface area contributed by atoms with Crippen molar-refractivity contribution < 1.29 is 9.84 Å². The van der Waals surface area contributed by atoms with Crippen molar-refractivity contribution in [3.63, 3.8) is 0 Å². The van der Waals surface area contributed by atoms with Gasteiger partial charge in [0.2, 0.25) is 5.88 Å². The Hall–Kier alpha value is -1.49. The largest absolute Gasteiger partial charge is 0.470 e. The standard InChI is InChI=1S/C14H25N3O2/c1-6-14(5,9-18)17-11-8-7-10(15)12(16-11)19-13(2,3)4/h7-8,18H,6,9,15H2,1-5H3,(H,16,17). The van der Waals surface area contributed by atoms with E-state index < -0.39 is 5.54 Å². The van der Waals surface area contributed by atoms with Crippen LogP contribution in [0.2, 0.25) is 0 Å². The molecule has 5 heteroatoms. The highest BCUT2D eigenvalue weighted by Gasteiger charge is 2.22. The van der Waals surface area contributed by atoms with Crippen molar-refractivity contribution in [2.45, 2.75) is 52.2 Å². The lowest BCUT2D eigenvalue weighted by Crippen LogP contribution is -2.38. The highest BCUT2D eigenvalue weighted by molar-refractivity contribution is 5.54. The van der Waals surface area contributed by atoms with E-state index in [-0.39, 0.29) is 12.2 Å². The van der Waals surface area contributed by atoms with Crippen LogP contribution in [0.4, 0.5) is 11.5 Å². The molecule has 1 rings (SSSR count). The summed E-state index contributed by atoms with van der Waals surface area (Å²) in [4.78, 5) is 4.37. The molecule has 108 valence electrons. The van der Waals surface area contributed by atoms with Crippen molar-refractivity contribution in [1.29, 1.82) is 0 Å². The average Bonchev–Trinajstić information content (AvgIpc) is 2.31. The van der Waals surface area contributed by atoms with Gasteiger partial charge in [-0.3, -0.25) is 0 Å². The first kappa shape index (κ1) is 15.6. The van der Waals surface area contributed by atoms with Gasteiger partial charge in [-0.15, -0.1) is 0 Å². The van der Waals surface area contributed by atoms with Crippen LogP contribution in [0.15, 0.2) is 12.1 Å². The van der Waals surface area contributed by atoms with E-state index in [4.69, 9.17) is 10.5 Å². The van der Waals surface area contributed by atoms with E-state index in [2.05, 4.69) is 10.3 Å². The van der Waals surface area contributed by atoms with Gasteiger partial charge in [0.1, 0.15) is 11.4 Å². The van der Waals surface area contributed by atoms with Gasteiger partial charge in [0.25, 0.3) is 0 Å². The molecule has 1 aromatic rings. The molecule has 1 atom stereocenters. The van der Waals surface area contributed by atoms with Gasteiger partial charge in [-0.25, -0.2) is 0 Å². The molecule has 0 aliphatic heterocycles. The van der Waals surface area contributed by atoms with E-state index in [9.17, 15) is 5.11 Å². The van der Waals surface area contributed by atoms with Crippen molar-refractivity contribution in [1.82, 2.24) is 4.98 Å². The number of hydrogen-bond acceptors (Lipinski definition) is 5. The second-order valence-corrected chi connectivity index (χ2v) is 6.00. The first-order valence-corrected chi connectivity index (χ1v) is 6.54. The monoisotopic (exact) mass is 267 g/mol. The third-order valence-corrected chi connectivity index (χ3v) is 2.85. The summed E-state index contributed by atoms with van der Waals surface area (Å²) in [7, 11) is 0. The minimum absolute atomic E-state index is 0.0328. The van der Waals surface area contributed by atoms with Crippen LogP contribution in [-0.2, 0) is 0 Å². The van der Waals surface area contributed by atoms with E-state index in [1.807, 2.05) is 34.6 Å². The number of aromatic nitrogens is 1. The molecule has 1 unspecified atom stereocenters.